The molecule has 35 heavy (non-hydrogen) atoms. The molecule has 0 bridgehead atoms. The third-order valence-electron chi connectivity index (χ3n) is 6.54. The first-order valence-electron chi connectivity index (χ1n) is 10.8. The number of aliphatic hydroxyl groups is 1. The summed E-state index contributed by atoms with van der Waals surface area (Å²) in [7, 11) is 1.32. The first kappa shape index (κ1) is 23.9. The molecule has 1 amide bonds. The second-order valence-corrected chi connectivity index (χ2v) is 8.80. The number of carbonyl (C=O) groups excluding carboxylic acids is 3. The van der Waals surface area contributed by atoms with E-state index in [1.807, 2.05) is 13.8 Å². The van der Waals surface area contributed by atoms with Crippen LogP contribution in [-0.2, 0) is 21.5 Å². The summed E-state index contributed by atoms with van der Waals surface area (Å²) in [5.74, 6) is -2.87. The van der Waals surface area contributed by atoms with E-state index in [1.165, 1.54) is 20.1 Å². The Balaban J connectivity index is 1.80. The quantitative estimate of drug-likeness (QED) is 0.479. The van der Waals surface area contributed by atoms with Crippen LogP contribution in [0.25, 0.3) is 0 Å². The number of methoxy groups -OCH3 is 1. The van der Waals surface area contributed by atoms with E-state index < -0.39 is 34.2 Å². The van der Waals surface area contributed by atoms with Crippen LogP contribution in [0.15, 0.2) is 41.4 Å². The number of allylic oxidation sites excluding steroid dienone is 3. The van der Waals surface area contributed by atoms with Gasteiger partial charge < -0.3 is 30.1 Å². The Bertz CT molecular complexity index is 1360. The summed E-state index contributed by atoms with van der Waals surface area (Å²) in [6.07, 6.45) is 1.15. The van der Waals surface area contributed by atoms with Crippen molar-refractivity contribution in [2.45, 2.75) is 39.7 Å². The van der Waals surface area contributed by atoms with E-state index in [4.69, 9.17) is 9.47 Å². The number of aliphatic hydroxyl groups excluding tert-OH is 1. The number of phenols is 2. The van der Waals surface area contributed by atoms with Crippen molar-refractivity contribution in [3.05, 3.63) is 69.2 Å². The molecule has 1 heterocycles. The smallest absolute Gasteiger partial charge is 0.259 e. The number of hydrogen-bond donors (Lipinski definition) is 4. The molecular formula is C26H25NO8. The van der Waals surface area contributed by atoms with E-state index in [0.717, 1.165) is 29.7 Å². The molecule has 1 unspecified atom stereocenters. The number of Topliss-reactive ketones (excluding diaryl/α,β-unsaturated/α-hetero) is 2. The number of ether oxygens (including phenoxy) is 2. The van der Waals surface area contributed by atoms with Crippen LogP contribution in [0.3, 0.4) is 0 Å². The van der Waals surface area contributed by atoms with Crippen molar-refractivity contribution in [1.29, 1.82) is 0 Å². The first-order chi connectivity index (χ1) is 16.4. The van der Waals surface area contributed by atoms with E-state index in [0.29, 0.717) is 0 Å². The highest BCUT2D eigenvalue weighted by Gasteiger charge is 2.55. The molecule has 2 aromatic rings. The molecular weight excluding hydrogens is 454 g/mol. The molecule has 2 aliphatic rings. The number of benzene rings is 2. The topological polar surface area (TPSA) is 142 Å². The van der Waals surface area contributed by atoms with Crippen LogP contribution >= 0.6 is 0 Å². The van der Waals surface area contributed by atoms with Gasteiger partial charge in [-0.15, -0.1) is 0 Å². The molecule has 0 spiro atoms. The molecule has 0 radical (unpaired) electrons. The van der Waals surface area contributed by atoms with Crippen LogP contribution in [0.1, 0.15) is 46.5 Å². The molecule has 4 rings (SSSR count). The number of nitrogens with one attached hydrogen (secondary N) is 1. The highest BCUT2D eigenvalue weighted by atomic mass is 16.5. The van der Waals surface area contributed by atoms with Crippen LogP contribution in [0.5, 0.6) is 23.0 Å². The number of rotatable bonds is 5. The van der Waals surface area contributed by atoms with Gasteiger partial charge in [0.25, 0.3) is 5.91 Å². The van der Waals surface area contributed by atoms with Gasteiger partial charge in [-0.25, -0.2) is 0 Å². The molecule has 0 fully saturated rings. The van der Waals surface area contributed by atoms with Crippen LogP contribution in [-0.4, -0.2) is 39.9 Å². The third-order valence-corrected chi connectivity index (χ3v) is 6.54. The average molecular weight is 479 g/mol. The van der Waals surface area contributed by atoms with Gasteiger partial charge in [-0.05, 0) is 56.5 Å². The van der Waals surface area contributed by atoms with E-state index in [-0.39, 0.29) is 46.4 Å². The maximum atomic E-state index is 13.4. The Kier molecular flexibility index (Phi) is 5.59. The van der Waals surface area contributed by atoms with E-state index in [9.17, 15) is 29.7 Å². The van der Waals surface area contributed by atoms with Gasteiger partial charge in [0.15, 0.2) is 17.3 Å². The predicted molar refractivity (Wildman–Crippen MR) is 125 cm³/mol. The maximum absolute atomic E-state index is 13.4. The minimum absolute atomic E-state index is 0.00273. The number of fused-ring (bicyclic) bond motifs is 3. The minimum atomic E-state index is -1.63. The summed E-state index contributed by atoms with van der Waals surface area (Å²) >= 11 is 0. The van der Waals surface area contributed by atoms with Crippen LogP contribution in [0.4, 0.5) is 0 Å². The summed E-state index contributed by atoms with van der Waals surface area (Å²) < 4.78 is 11.2. The van der Waals surface area contributed by atoms with Gasteiger partial charge in [0.1, 0.15) is 45.3 Å². The Morgan fingerprint density at radius 2 is 1.74 bits per heavy atom. The average Bonchev–Trinajstić information content (AvgIpc) is 3.06. The summed E-state index contributed by atoms with van der Waals surface area (Å²) in [6, 6.07) is 4.39. The Hall–Kier alpha value is -4.27. The van der Waals surface area contributed by atoms with Gasteiger partial charge in [0, 0.05) is 18.7 Å². The molecule has 0 aromatic heterocycles. The maximum Gasteiger partial charge on any atom is 0.259 e. The highest BCUT2D eigenvalue weighted by Crippen LogP contribution is 2.56. The third kappa shape index (κ3) is 3.51. The number of aryl methyl sites for hydroxylation is 2. The standard InChI is InChI=1S/C26H25NO8/c1-11-6-14(29)7-12(2)15(11)10-27-25(33)21-18(34-5)8-17(31)22-23(21)35-19-9-16(30)20(13(3)28)24(32)26(19,22)4/h6-9,29-31H,10H2,1-5H3,(H,27,33). The molecule has 4 N–H and O–H groups in total. The normalized spacial score (nSPS) is 18.4. The fourth-order valence-electron chi connectivity index (χ4n) is 4.73. The molecule has 1 aliphatic carbocycles. The van der Waals surface area contributed by atoms with Crippen LogP contribution in [0.2, 0.25) is 0 Å². The lowest BCUT2D eigenvalue weighted by Crippen LogP contribution is -2.38. The zero-order valence-corrected chi connectivity index (χ0v) is 19.9. The number of amides is 1. The van der Waals surface area contributed by atoms with Crippen molar-refractivity contribution in [1.82, 2.24) is 5.32 Å². The molecule has 2 aromatic carbocycles. The van der Waals surface area contributed by atoms with Gasteiger partial charge in [0.2, 0.25) is 0 Å². The highest BCUT2D eigenvalue weighted by molar-refractivity contribution is 6.25. The fourth-order valence-corrected chi connectivity index (χ4v) is 4.73. The zero-order valence-electron chi connectivity index (χ0n) is 19.9. The van der Waals surface area contributed by atoms with Crippen molar-refractivity contribution in [2.75, 3.05) is 7.11 Å². The lowest BCUT2D eigenvalue weighted by molar-refractivity contribution is -0.123. The molecule has 0 saturated carbocycles. The second kappa shape index (κ2) is 8.19. The molecule has 9 nitrogen and oxygen atoms in total. The molecule has 9 heteroatoms. The number of phenolic OH excluding ortho intramolecular Hbond substituents is 2. The van der Waals surface area contributed by atoms with Crippen LogP contribution in [0, 0.1) is 13.8 Å². The monoisotopic (exact) mass is 479 g/mol. The number of ketones is 2. The van der Waals surface area contributed by atoms with E-state index in [2.05, 4.69) is 5.32 Å². The minimum Gasteiger partial charge on any atom is -0.508 e. The van der Waals surface area contributed by atoms with Gasteiger partial charge >= 0.3 is 0 Å². The van der Waals surface area contributed by atoms with Crippen molar-refractivity contribution in [3.63, 3.8) is 0 Å². The molecule has 182 valence electrons. The fraction of sp³-hybridized carbons (Fsp3) is 0.269. The number of aromatic hydroxyl groups is 2. The van der Waals surface area contributed by atoms with E-state index >= 15 is 0 Å². The Labute approximate surface area is 201 Å². The molecule has 1 atom stereocenters. The van der Waals surface area contributed by atoms with Crippen LogP contribution < -0.4 is 14.8 Å². The number of carbonyl (C=O) groups is 3. The van der Waals surface area contributed by atoms with Gasteiger partial charge in [-0.1, -0.05) is 0 Å². The first-order valence-corrected chi connectivity index (χ1v) is 10.8. The SMILES string of the molecule is COc1cc(O)c2c(c1C(=O)NCc1c(C)cc(O)cc1C)OC1=CC(O)=C(C(C)=O)C(=O)C12C. The molecule has 1 aliphatic heterocycles. The summed E-state index contributed by atoms with van der Waals surface area (Å²) in [4.78, 5) is 38.7. The summed E-state index contributed by atoms with van der Waals surface area (Å²) in [6.45, 7) is 6.37. The summed E-state index contributed by atoms with van der Waals surface area (Å²) in [5.41, 5.74) is 0.296. The van der Waals surface area contributed by atoms with Crippen molar-refractivity contribution < 1.29 is 39.2 Å². The summed E-state index contributed by atoms with van der Waals surface area (Å²) in [5, 5.41) is 33.7. The number of hydrogen-bond acceptors (Lipinski definition) is 8. The van der Waals surface area contributed by atoms with Gasteiger partial charge in [-0.2, -0.15) is 0 Å². The second-order valence-electron chi connectivity index (χ2n) is 8.80. The largest absolute Gasteiger partial charge is 0.508 e. The molecule has 0 saturated heterocycles. The lowest BCUT2D eigenvalue weighted by Gasteiger charge is -2.27. The predicted octanol–water partition coefficient (Wildman–Crippen LogP) is 3.17. The van der Waals surface area contributed by atoms with E-state index in [1.54, 1.807) is 12.1 Å². The van der Waals surface area contributed by atoms with Gasteiger partial charge in [0.05, 0.1) is 12.7 Å². The van der Waals surface area contributed by atoms with Crippen molar-refractivity contribution in [2.24, 2.45) is 0 Å². The lowest BCUT2D eigenvalue weighted by atomic mass is 9.71. The van der Waals surface area contributed by atoms with Crippen molar-refractivity contribution in [3.8, 4) is 23.0 Å². The Morgan fingerprint density at radius 3 is 2.31 bits per heavy atom. The van der Waals surface area contributed by atoms with Crippen molar-refractivity contribution >= 4 is 17.5 Å². The Morgan fingerprint density at radius 1 is 1.11 bits per heavy atom. The zero-order chi connectivity index (χ0) is 25.8. The van der Waals surface area contributed by atoms with Gasteiger partial charge in [-0.3, -0.25) is 14.4 Å².